The third-order valence-corrected chi connectivity index (χ3v) is 14.5. The number of rotatable bonds is 15. The number of allylic oxidation sites excluding steroid dienone is 1. The third-order valence-electron chi connectivity index (χ3n) is 13.0. The molecule has 6 aliphatic rings. The number of piperidine rings is 2. The molecule has 3 aromatic carbocycles. The van der Waals surface area contributed by atoms with Gasteiger partial charge in [0.25, 0.3) is 5.91 Å². The zero-order chi connectivity index (χ0) is 38.8. The highest BCUT2D eigenvalue weighted by atomic mass is 32.2. The predicted molar refractivity (Wildman–Crippen MR) is 215 cm³/mol. The number of amides is 2. The molecule has 3 aromatic rings. The maximum Gasteiger partial charge on any atom is 0.253 e. The molecule has 1 aliphatic carbocycles. The van der Waals surface area contributed by atoms with E-state index >= 15 is 0 Å². The molecule has 2 bridgehead atoms. The molecular formula is C43H53N5O6S. The van der Waals surface area contributed by atoms with Crippen LogP contribution in [0.15, 0.2) is 65.6 Å². The van der Waals surface area contributed by atoms with Gasteiger partial charge in [-0.25, -0.2) is 13.1 Å². The molecule has 4 saturated heterocycles. The van der Waals surface area contributed by atoms with Crippen LogP contribution in [-0.4, -0.2) is 80.5 Å². The Hall–Kier alpha value is -4.42. The number of anilines is 1. The molecule has 9 rings (SSSR count). The van der Waals surface area contributed by atoms with Gasteiger partial charge in [-0.1, -0.05) is 62.8 Å². The quantitative estimate of drug-likeness (QED) is 0.101. The number of nitrogens with zero attached hydrogens (tertiary/aromatic N) is 3. The number of benzene rings is 3. The van der Waals surface area contributed by atoms with Crippen molar-refractivity contribution in [3.8, 4) is 5.75 Å². The topological polar surface area (TPSA) is 134 Å². The zero-order valence-electron chi connectivity index (χ0n) is 32.4. The first-order valence-electron chi connectivity index (χ1n) is 20.0. The van der Waals surface area contributed by atoms with E-state index in [1.165, 1.54) is 0 Å². The maximum absolute atomic E-state index is 14.0. The Kier molecular flexibility index (Phi) is 9.51. The van der Waals surface area contributed by atoms with E-state index in [2.05, 4.69) is 10.0 Å². The number of hydrogen-bond acceptors (Lipinski definition) is 7. The van der Waals surface area contributed by atoms with Crippen LogP contribution in [0, 0.1) is 16.5 Å². The first-order chi connectivity index (χ1) is 26.3. The molecule has 4 fully saturated rings. The van der Waals surface area contributed by atoms with Crippen LogP contribution in [0.25, 0.3) is 16.3 Å². The van der Waals surface area contributed by atoms with Crippen LogP contribution in [0.5, 0.6) is 5.75 Å². The second-order valence-corrected chi connectivity index (χ2v) is 18.6. The predicted octanol–water partition coefficient (Wildman–Crippen LogP) is 6.65. The summed E-state index contributed by atoms with van der Waals surface area (Å²) in [7, 11) is 0.296. The van der Waals surface area contributed by atoms with Gasteiger partial charge in [-0.15, -0.1) is 0 Å². The number of hydrogen-bond donors (Lipinski definition) is 2. The standard InChI is InChI=1S/C43H53N5O6S/c1-41(2)37-28-42-22-15-24-47(42)40(50)43(37,45-39(42)49)27-33-31-21-20-29(26-35(31)48(51)38(33)41)54-25-12-10-8-6-5-7-9-11-23-44-55(52,53)36-19-14-16-30-32(36)17-13-18-34(30)46(3)4/h13-14,16-21,26-27,37,44H,5-12,15,22-25,28H2,1-4H3,(H,45,49). The molecule has 0 aromatic heterocycles. The lowest BCUT2D eigenvalue weighted by Gasteiger charge is -2.62. The number of piperazine rings is 1. The van der Waals surface area contributed by atoms with E-state index in [1.807, 2.05) is 86.3 Å². The first-order valence-corrected chi connectivity index (χ1v) is 21.5. The molecule has 0 saturated carbocycles. The smallest absolute Gasteiger partial charge is 0.253 e. The van der Waals surface area contributed by atoms with Crippen molar-refractivity contribution < 1.29 is 27.5 Å². The molecule has 3 atom stereocenters. The fraction of sp³-hybridized carbons (Fsp3) is 0.512. The van der Waals surface area contributed by atoms with Gasteiger partial charge in [-0.2, -0.15) is 4.74 Å². The minimum atomic E-state index is -3.61. The van der Waals surface area contributed by atoms with Gasteiger partial charge in [0.05, 0.1) is 34.1 Å². The SMILES string of the molecule is CN(C)c1cccc2c(S(=O)(=O)NCCCCCCCCCCOc3ccc4c(c3)[N+]([O-])=C3C4=CC45NC(=O)C6(CCCN6C4=O)CC5C3(C)C)cccc12. The van der Waals surface area contributed by atoms with Gasteiger partial charge < -0.3 is 25.1 Å². The minimum Gasteiger partial charge on any atom is -0.618 e. The average molecular weight is 768 g/mol. The van der Waals surface area contributed by atoms with Gasteiger partial charge in [0, 0.05) is 49.6 Å². The van der Waals surface area contributed by atoms with Crippen LogP contribution in [0.4, 0.5) is 11.4 Å². The monoisotopic (exact) mass is 767 g/mol. The van der Waals surface area contributed by atoms with Gasteiger partial charge in [0.1, 0.15) is 16.8 Å². The van der Waals surface area contributed by atoms with E-state index in [9.17, 15) is 23.2 Å². The van der Waals surface area contributed by atoms with Crippen molar-refractivity contribution in [1.82, 2.24) is 14.9 Å². The van der Waals surface area contributed by atoms with Crippen LogP contribution < -0.4 is 19.7 Å². The number of sulfonamides is 1. The summed E-state index contributed by atoms with van der Waals surface area (Å²) in [5.41, 5.74) is 1.10. The summed E-state index contributed by atoms with van der Waals surface area (Å²) in [5, 5.41) is 18.8. The van der Waals surface area contributed by atoms with E-state index in [4.69, 9.17) is 4.74 Å². The van der Waals surface area contributed by atoms with E-state index in [0.29, 0.717) is 54.6 Å². The van der Waals surface area contributed by atoms with E-state index in [-0.39, 0.29) is 17.7 Å². The number of carbonyl (C=O) groups excluding carboxylic acids is 2. The number of fused-ring (bicyclic) bond motifs is 5. The Morgan fingerprint density at radius 2 is 1.67 bits per heavy atom. The second-order valence-electron chi connectivity index (χ2n) is 16.9. The van der Waals surface area contributed by atoms with Crippen LogP contribution in [0.2, 0.25) is 0 Å². The van der Waals surface area contributed by atoms with Crippen molar-refractivity contribution in [2.24, 2.45) is 11.3 Å². The van der Waals surface area contributed by atoms with Crippen molar-refractivity contribution >= 4 is 55.3 Å². The number of ether oxygens (including phenoxy) is 1. The van der Waals surface area contributed by atoms with E-state index < -0.39 is 26.5 Å². The lowest BCUT2D eigenvalue weighted by Crippen LogP contribution is -2.83. The largest absolute Gasteiger partial charge is 0.618 e. The minimum absolute atomic E-state index is 0.0381. The highest BCUT2D eigenvalue weighted by Crippen LogP contribution is 2.60. The molecule has 11 nitrogen and oxygen atoms in total. The number of carbonyl (C=O) groups is 2. The second kappa shape index (κ2) is 14.0. The molecule has 5 heterocycles. The molecular weight excluding hydrogens is 715 g/mol. The first kappa shape index (κ1) is 37.5. The van der Waals surface area contributed by atoms with E-state index in [0.717, 1.165) is 90.1 Å². The van der Waals surface area contributed by atoms with Gasteiger partial charge in [-0.05, 0) is 76.3 Å². The van der Waals surface area contributed by atoms with Crippen molar-refractivity contribution in [2.75, 3.05) is 38.7 Å². The maximum atomic E-state index is 14.0. The summed E-state index contributed by atoms with van der Waals surface area (Å²) >= 11 is 0. The van der Waals surface area contributed by atoms with Crippen molar-refractivity contribution in [3.63, 3.8) is 0 Å². The summed E-state index contributed by atoms with van der Waals surface area (Å²) < 4.78 is 36.3. The van der Waals surface area contributed by atoms with Gasteiger partial charge in [0.2, 0.25) is 27.3 Å². The molecule has 55 heavy (non-hydrogen) atoms. The van der Waals surface area contributed by atoms with Gasteiger partial charge in [0.15, 0.2) is 0 Å². The normalized spacial score (nSPS) is 24.7. The van der Waals surface area contributed by atoms with Crippen molar-refractivity contribution in [2.45, 2.75) is 100 Å². The Labute approximate surface area is 324 Å². The summed E-state index contributed by atoms with van der Waals surface area (Å²) in [6.07, 6.45) is 12.0. The van der Waals surface area contributed by atoms with E-state index in [1.54, 1.807) is 12.1 Å². The summed E-state index contributed by atoms with van der Waals surface area (Å²) in [6, 6.07) is 16.8. The highest BCUT2D eigenvalue weighted by molar-refractivity contribution is 7.89. The summed E-state index contributed by atoms with van der Waals surface area (Å²) in [6.45, 7) is 5.67. The van der Waals surface area contributed by atoms with Crippen LogP contribution in [0.1, 0.15) is 90.0 Å². The van der Waals surface area contributed by atoms with Crippen molar-refractivity contribution in [1.29, 1.82) is 0 Å². The van der Waals surface area contributed by atoms with Crippen LogP contribution in [0.3, 0.4) is 0 Å². The Morgan fingerprint density at radius 3 is 2.44 bits per heavy atom. The fourth-order valence-corrected chi connectivity index (χ4v) is 11.5. The molecule has 2 N–H and O–H groups in total. The summed E-state index contributed by atoms with van der Waals surface area (Å²) in [5.74, 6) is 0.337. The summed E-state index contributed by atoms with van der Waals surface area (Å²) in [4.78, 5) is 31.6. The van der Waals surface area contributed by atoms with Crippen LogP contribution in [-0.2, 0) is 19.6 Å². The Balaban J connectivity index is 0.780. The van der Waals surface area contributed by atoms with Crippen molar-refractivity contribution in [3.05, 3.63) is 71.4 Å². The molecule has 3 unspecified atom stereocenters. The number of nitrogens with one attached hydrogen (secondary N) is 2. The zero-order valence-corrected chi connectivity index (χ0v) is 33.3. The van der Waals surface area contributed by atoms with Gasteiger partial charge >= 0.3 is 0 Å². The Bertz CT molecular complexity index is 2230. The lowest BCUT2D eigenvalue weighted by molar-refractivity contribution is -0.362. The van der Waals surface area contributed by atoms with Gasteiger partial charge in [-0.3, -0.25) is 9.59 Å². The molecule has 292 valence electrons. The molecule has 5 aliphatic heterocycles. The Morgan fingerprint density at radius 1 is 0.964 bits per heavy atom. The molecule has 2 spiro atoms. The molecule has 12 heteroatoms. The molecule has 0 radical (unpaired) electrons. The number of unbranched alkanes of at least 4 members (excludes halogenated alkanes) is 7. The van der Waals surface area contributed by atoms with Crippen LogP contribution >= 0.6 is 0 Å². The highest BCUT2D eigenvalue weighted by Gasteiger charge is 2.74. The average Bonchev–Trinajstić information content (AvgIpc) is 3.72. The lowest BCUT2D eigenvalue weighted by atomic mass is 9.51. The fourth-order valence-electron chi connectivity index (χ4n) is 10.2. The third kappa shape index (κ3) is 6.02. The molecule has 2 amide bonds.